The van der Waals surface area contributed by atoms with E-state index in [1.165, 1.54) is 0 Å². The van der Waals surface area contributed by atoms with Crippen LogP contribution in [-0.4, -0.2) is 29.8 Å². The fourth-order valence-electron chi connectivity index (χ4n) is 2.56. The fraction of sp³-hybridized carbons (Fsp3) is 0.143. The van der Waals surface area contributed by atoms with Crippen molar-refractivity contribution in [2.24, 2.45) is 0 Å². The summed E-state index contributed by atoms with van der Waals surface area (Å²) in [5.74, 6) is 2.22. The van der Waals surface area contributed by atoms with E-state index >= 15 is 0 Å². The lowest BCUT2D eigenvalue weighted by atomic mass is 10.3. The van der Waals surface area contributed by atoms with E-state index in [0.717, 1.165) is 22.4 Å². The number of rotatable bonds is 9. The first-order valence-electron chi connectivity index (χ1n) is 8.51. The van der Waals surface area contributed by atoms with Crippen LogP contribution in [0.2, 0.25) is 0 Å². The van der Waals surface area contributed by atoms with E-state index < -0.39 is 8.80 Å². The largest absolute Gasteiger partial charge is 0.539 e. The summed E-state index contributed by atoms with van der Waals surface area (Å²) in [7, 11) is 0.0831. The first-order chi connectivity index (χ1) is 13.3. The summed E-state index contributed by atoms with van der Waals surface area (Å²) >= 11 is 0. The van der Waals surface area contributed by atoms with Crippen molar-refractivity contribution in [1.29, 1.82) is 0 Å². The molecule has 3 rings (SSSR count). The van der Waals surface area contributed by atoms with Crippen LogP contribution in [0.5, 0.6) is 17.2 Å². The van der Waals surface area contributed by atoms with Crippen molar-refractivity contribution in [3.63, 3.8) is 0 Å². The zero-order valence-electron chi connectivity index (χ0n) is 15.3. The molecule has 0 spiro atoms. The molecule has 0 heterocycles. The van der Waals surface area contributed by atoms with Gasteiger partial charge in [0.1, 0.15) is 17.2 Å². The van der Waals surface area contributed by atoms with Crippen LogP contribution in [0.25, 0.3) is 0 Å². The van der Waals surface area contributed by atoms with Gasteiger partial charge in [-0.15, -0.1) is 0 Å². The molecule has 0 amide bonds. The molecule has 0 saturated carbocycles. The SMILES string of the molecule is CO[Si](OC)(OCOc1ccccc1)c1ccc(Oc2ccccc2)cc1. The van der Waals surface area contributed by atoms with Crippen LogP contribution in [0.3, 0.4) is 0 Å². The molecule has 0 aliphatic heterocycles. The van der Waals surface area contributed by atoms with Crippen molar-refractivity contribution < 1.29 is 22.8 Å². The number of ether oxygens (including phenoxy) is 2. The minimum Gasteiger partial charge on any atom is -0.468 e. The van der Waals surface area contributed by atoms with Gasteiger partial charge in [0, 0.05) is 19.4 Å². The fourth-order valence-corrected chi connectivity index (χ4v) is 4.39. The summed E-state index contributed by atoms with van der Waals surface area (Å²) < 4.78 is 28.6. The molecule has 0 aliphatic rings. The molecule has 0 N–H and O–H groups in total. The molecule has 5 nitrogen and oxygen atoms in total. The molecule has 140 valence electrons. The van der Waals surface area contributed by atoms with Crippen LogP contribution >= 0.6 is 0 Å². The zero-order valence-corrected chi connectivity index (χ0v) is 16.3. The second-order valence-corrected chi connectivity index (χ2v) is 8.42. The van der Waals surface area contributed by atoms with E-state index in [1.54, 1.807) is 14.2 Å². The second-order valence-electron chi connectivity index (χ2n) is 5.62. The lowest BCUT2D eigenvalue weighted by Gasteiger charge is -2.26. The van der Waals surface area contributed by atoms with Crippen molar-refractivity contribution in [3.05, 3.63) is 84.9 Å². The highest BCUT2D eigenvalue weighted by Gasteiger charge is 2.42. The van der Waals surface area contributed by atoms with Crippen LogP contribution < -0.4 is 14.7 Å². The minimum absolute atomic E-state index is 0.0280. The summed E-state index contributed by atoms with van der Waals surface area (Å²) in [6.07, 6.45) is 0. The molecule has 0 radical (unpaired) electrons. The van der Waals surface area contributed by atoms with E-state index in [-0.39, 0.29) is 6.79 Å². The smallest absolute Gasteiger partial charge is 0.468 e. The van der Waals surface area contributed by atoms with Crippen molar-refractivity contribution in [1.82, 2.24) is 0 Å². The molecule has 27 heavy (non-hydrogen) atoms. The molecular formula is C21H22O5Si. The number of para-hydroxylation sites is 2. The molecular weight excluding hydrogens is 360 g/mol. The van der Waals surface area contributed by atoms with Gasteiger partial charge in [0.2, 0.25) is 0 Å². The normalized spacial score (nSPS) is 11.2. The van der Waals surface area contributed by atoms with Gasteiger partial charge in [-0.1, -0.05) is 48.5 Å². The maximum Gasteiger partial charge on any atom is 0.539 e. The van der Waals surface area contributed by atoms with Crippen LogP contribution in [0, 0.1) is 0 Å². The Balaban J connectivity index is 1.67. The van der Waals surface area contributed by atoms with Crippen LogP contribution in [0.15, 0.2) is 84.9 Å². The van der Waals surface area contributed by atoms with Crippen molar-refractivity contribution >= 4 is 14.0 Å². The highest BCUT2D eigenvalue weighted by atomic mass is 28.4. The molecule has 3 aromatic carbocycles. The van der Waals surface area contributed by atoms with E-state index in [1.807, 2.05) is 84.9 Å². The van der Waals surface area contributed by atoms with E-state index in [2.05, 4.69) is 0 Å². The molecule has 0 saturated heterocycles. The average molecular weight is 382 g/mol. The second kappa shape index (κ2) is 9.34. The van der Waals surface area contributed by atoms with Crippen molar-refractivity contribution in [3.8, 4) is 17.2 Å². The number of hydrogen-bond acceptors (Lipinski definition) is 5. The van der Waals surface area contributed by atoms with Crippen LogP contribution in [-0.2, 0) is 13.3 Å². The topological polar surface area (TPSA) is 46.2 Å². The quantitative estimate of drug-likeness (QED) is 0.414. The van der Waals surface area contributed by atoms with Crippen molar-refractivity contribution in [2.75, 3.05) is 21.0 Å². The van der Waals surface area contributed by atoms with Crippen molar-refractivity contribution in [2.45, 2.75) is 0 Å². The van der Waals surface area contributed by atoms with E-state index in [4.69, 9.17) is 22.8 Å². The highest BCUT2D eigenvalue weighted by Crippen LogP contribution is 2.21. The Kier molecular flexibility index (Phi) is 6.62. The van der Waals surface area contributed by atoms with Gasteiger partial charge in [0.25, 0.3) is 0 Å². The van der Waals surface area contributed by atoms with Gasteiger partial charge in [0.05, 0.1) is 0 Å². The Morgan fingerprint density at radius 1 is 0.630 bits per heavy atom. The monoisotopic (exact) mass is 382 g/mol. The first-order valence-corrected chi connectivity index (χ1v) is 10.2. The summed E-state index contributed by atoms with van der Waals surface area (Å²) in [6, 6.07) is 26.6. The Morgan fingerprint density at radius 3 is 1.70 bits per heavy atom. The van der Waals surface area contributed by atoms with Gasteiger partial charge in [-0.2, -0.15) is 0 Å². The third kappa shape index (κ3) is 4.96. The maximum atomic E-state index is 5.91. The lowest BCUT2D eigenvalue weighted by molar-refractivity contribution is 0.0374. The standard InChI is InChI=1S/C21H22O5Si/c1-22-27(23-2,25-17-24-18-9-5-3-6-10-18)21-15-13-20(14-16-21)26-19-11-7-4-8-12-19/h3-16H,17H2,1-2H3. The van der Waals surface area contributed by atoms with Gasteiger partial charge >= 0.3 is 8.80 Å². The average Bonchev–Trinajstić information content (AvgIpc) is 2.74. The Labute approximate surface area is 160 Å². The van der Waals surface area contributed by atoms with Gasteiger partial charge in [-0.25, -0.2) is 0 Å². The van der Waals surface area contributed by atoms with Gasteiger partial charge < -0.3 is 22.8 Å². The van der Waals surface area contributed by atoms with Crippen LogP contribution in [0.1, 0.15) is 0 Å². The van der Waals surface area contributed by atoms with Crippen LogP contribution in [0.4, 0.5) is 0 Å². The van der Waals surface area contributed by atoms with E-state index in [0.29, 0.717) is 0 Å². The highest BCUT2D eigenvalue weighted by molar-refractivity contribution is 6.75. The summed E-state index contributed by atoms with van der Waals surface area (Å²) in [5, 5.41) is 0.824. The number of hydrogen-bond donors (Lipinski definition) is 0. The molecule has 0 fully saturated rings. The molecule has 0 aliphatic carbocycles. The Morgan fingerprint density at radius 2 is 1.15 bits per heavy atom. The molecule has 0 bridgehead atoms. The molecule has 0 aromatic heterocycles. The van der Waals surface area contributed by atoms with Gasteiger partial charge in [-0.3, -0.25) is 0 Å². The third-order valence-electron chi connectivity index (χ3n) is 3.94. The zero-order chi connectivity index (χ0) is 19.0. The predicted octanol–water partition coefficient (Wildman–Crippen LogP) is 3.97. The van der Waals surface area contributed by atoms with E-state index in [9.17, 15) is 0 Å². The number of benzene rings is 3. The molecule has 0 unspecified atom stereocenters. The maximum absolute atomic E-state index is 5.91. The molecule has 0 atom stereocenters. The van der Waals surface area contributed by atoms with Gasteiger partial charge in [-0.05, 0) is 36.4 Å². The third-order valence-corrected chi connectivity index (χ3v) is 6.56. The molecule has 3 aromatic rings. The van der Waals surface area contributed by atoms with Gasteiger partial charge in [0.15, 0.2) is 6.79 Å². The molecule has 6 heteroatoms. The Bertz CT molecular complexity index is 805. The summed E-state index contributed by atoms with van der Waals surface area (Å²) in [6.45, 7) is 0.0280. The summed E-state index contributed by atoms with van der Waals surface area (Å²) in [4.78, 5) is 0. The summed E-state index contributed by atoms with van der Waals surface area (Å²) in [5.41, 5.74) is 0. The minimum atomic E-state index is -3.07. The predicted molar refractivity (Wildman–Crippen MR) is 105 cm³/mol. The lowest BCUT2D eigenvalue weighted by Crippen LogP contribution is -2.55. The Hall–Kier alpha value is -2.64. The first kappa shape index (κ1) is 19.1.